The molecule has 0 heterocycles. The molecule has 0 radical (unpaired) electrons. The highest BCUT2D eigenvalue weighted by atomic mass is 35.5. The molecule has 0 bridgehead atoms. The van der Waals surface area contributed by atoms with Crippen LogP contribution in [0.2, 0.25) is 0 Å². The summed E-state index contributed by atoms with van der Waals surface area (Å²) in [4.78, 5) is 23.3. The van der Waals surface area contributed by atoms with Gasteiger partial charge in [-0.25, -0.2) is 4.79 Å². The second kappa shape index (κ2) is 8.64. The molecule has 1 amide bonds. The lowest BCUT2D eigenvalue weighted by molar-refractivity contribution is -0.115. The molecule has 1 saturated carbocycles. The van der Waals surface area contributed by atoms with Crippen molar-refractivity contribution in [3.63, 3.8) is 0 Å². The van der Waals surface area contributed by atoms with E-state index in [4.69, 9.17) is 4.74 Å². The van der Waals surface area contributed by atoms with Crippen LogP contribution in [0.3, 0.4) is 0 Å². The standard InChI is InChI=1S/C15H20N2O3.ClH/c1-2-20-15(19)12-4-3-5-13(8-12)17-14(18)10-16-9-11-6-7-11;/h3-5,8,11,16H,2,6-7,9-10H2,1H3,(H,17,18);1H. The first kappa shape index (κ1) is 17.5. The topological polar surface area (TPSA) is 67.4 Å². The summed E-state index contributed by atoms with van der Waals surface area (Å²) in [5, 5.41) is 5.89. The third kappa shape index (κ3) is 6.14. The summed E-state index contributed by atoms with van der Waals surface area (Å²) in [6, 6.07) is 6.76. The Morgan fingerprint density at radius 2 is 2.10 bits per heavy atom. The third-order valence-electron chi connectivity index (χ3n) is 3.07. The van der Waals surface area contributed by atoms with Crippen LogP contribution in [0.25, 0.3) is 0 Å². The van der Waals surface area contributed by atoms with E-state index in [9.17, 15) is 9.59 Å². The van der Waals surface area contributed by atoms with Crippen molar-refractivity contribution in [3.8, 4) is 0 Å². The monoisotopic (exact) mass is 312 g/mol. The first-order chi connectivity index (χ1) is 9.69. The van der Waals surface area contributed by atoms with Gasteiger partial charge in [0, 0.05) is 5.69 Å². The number of amides is 1. The molecule has 0 atom stereocenters. The number of ether oxygens (including phenoxy) is 1. The van der Waals surface area contributed by atoms with Gasteiger partial charge in [-0.2, -0.15) is 0 Å². The van der Waals surface area contributed by atoms with Crippen LogP contribution in [0.15, 0.2) is 24.3 Å². The molecule has 1 aliphatic carbocycles. The molecule has 116 valence electrons. The Kier molecular flexibility index (Phi) is 7.19. The molecule has 0 unspecified atom stereocenters. The van der Waals surface area contributed by atoms with Gasteiger partial charge in [0.25, 0.3) is 0 Å². The lowest BCUT2D eigenvalue weighted by Gasteiger charge is -2.08. The highest BCUT2D eigenvalue weighted by molar-refractivity contribution is 5.95. The Bertz CT molecular complexity index is 490. The number of hydrogen-bond acceptors (Lipinski definition) is 4. The van der Waals surface area contributed by atoms with Gasteiger partial charge in [0.15, 0.2) is 0 Å². The number of carbonyl (C=O) groups is 2. The number of anilines is 1. The normalized spacial score (nSPS) is 13.2. The van der Waals surface area contributed by atoms with Gasteiger partial charge in [0.1, 0.15) is 0 Å². The summed E-state index contributed by atoms with van der Waals surface area (Å²) >= 11 is 0. The molecule has 1 aromatic rings. The van der Waals surface area contributed by atoms with E-state index < -0.39 is 0 Å². The highest BCUT2D eigenvalue weighted by Crippen LogP contribution is 2.27. The van der Waals surface area contributed by atoms with Crippen LogP contribution in [0.4, 0.5) is 5.69 Å². The second-order valence-electron chi connectivity index (χ2n) is 4.92. The zero-order valence-electron chi connectivity index (χ0n) is 12.1. The Labute approximate surface area is 130 Å². The van der Waals surface area contributed by atoms with E-state index >= 15 is 0 Å². The predicted molar refractivity (Wildman–Crippen MR) is 83.9 cm³/mol. The lowest BCUT2D eigenvalue weighted by Crippen LogP contribution is -2.29. The van der Waals surface area contributed by atoms with E-state index in [1.807, 2.05) is 0 Å². The summed E-state index contributed by atoms with van der Waals surface area (Å²) in [7, 11) is 0. The molecular weight excluding hydrogens is 292 g/mol. The number of carbonyl (C=O) groups excluding carboxylic acids is 2. The first-order valence-electron chi connectivity index (χ1n) is 6.96. The molecule has 2 rings (SSSR count). The van der Waals surface area contributed by atoms with Crippen LogP contribution in [0, 0.1) is 5.92 Å². The molecular formula is C15H21ClN2O3. The van der Waals surface area contributed by atoms with Crippen molar-refractivity contribution in [3.05, 3.63) is 29.8 Å². The van der Waals surface area contributed by atoms with Gasteiger partial charge >= 0.3 is 5.97 Å². The van der Waals surface area contributed by atoms with Crippen LogP contribution in [-0.2, 0) is 9.53 Å². The van der Waals surface area contributed by atoms with E-state index in [1.54, 1.807) is 31.2 Å². The van der Waals surface area contributed by atoms with E-state index in [0.717, 1.165) is 12.5 Å². The molecule has 1 fully saturated rings. The molecule has 2 N–H and O–H groups in total. The average Bonchev–Trinajstić information content (AvgIpc) is 3.23. The van der Waals surface area contributed by atoms with Crippen LogP contribution in [-0.4, -0.2) is 31.6 Å². The number of benzene rings is 1. The van der Waals surface area contributed by atoms with Crippen molar-refractivity contribution >= 4 is 30.0 Å². The highest BCUT2D eigenvalue weighted by Gasteiger charge is 2.20. The van der Waals surface area contributed by atoms with Crippen molar-refractivity contribution in [1.29, 1.82) is 0 Å². The Balaban J connectivity index is 0.00000220. The minimum Gasteiger partial charge on any atom is -0.462 e. The lowest BCUT2D eigenvalue weighted by atomic mass is 10.2. The van der Waals surface area contributed by atoms with Crippen LogP contribution in [0.5, 0.6) is 0 Å². The van der Waals surface area contributed by atoms with E-state index in [1.165, 1.54) is 12.8 Å². The maximum atomic E-state index is 11.7. The zero-order valence-corrected chi connectivity index (χ0v) is 12.9. The second-order valence-corrected chi connectivity index (χ2v) is 4.92. The van der Waals surface area contributed by atoms with E-state index in [0.29, 0.717) is 24.4 Å². The fourth-order valence-corrected chi connectivity index (χ4v) is 1.86. The van der Waals surface area contributed by atoms with E-state index in [-0.39, 0.29) is 24.3 Å². The van der Waals surface area contributed by atoms with Crippen molar-refractivity contribution in [2.24, 2.45) is 5.92 Å². The van der Waals surface area contributed by atoms with Crippen molar-refractivity contribution in [2.45, 2.75) is 19.8 Å². The molecule has 6 heteroatoms. The van der Waals surface area contributed by atoms with Gasteiger partial charge in [-0.3, -0.25) is 4.79 Å². The van der Waals surface area contributed by atoms with Crippen LogP contribution in [0.1, 0.15) is 30.1 Å². The number of rotatable bonds is 7. The van der Waals surface area contributed by atoms with Crippen molar-refractivity contribution in [2.75, 3.05) is 25.0 Å². The quantitative estimate of drug-likeness (QED) is 0.758. The van der Waals surface area contributed by atoms with Crippen molar-refractivity contribution in [1.82, 2.24) is 5.32 Å². The summed E-state index contributed by atoms with van der Waals surface area (Å²) < 4.78 is 4.92. The minimum atomic E-state index is -0.379. The van der Waals surface area contributed by atoms with Gasteiger partial charge < -0.3 is 15.4 Å². The van der Waals surface area contributed by atoms with Gasteiger partial charge in [-0.05, 0) is 50.4 Å². The van der Waals surface area contributed by atoms with Gasteiger partial charge in [-0.15, -0.1) is 12.4 Å². The maximum Gasteiger partial charge on any atom is 0.338 e. The average molecular weight is 313 g/mol. The van der Waals surface area contributed by atoms with Gasteiger partial charge in [-0.1, -0.05) is 6.07 Å². The maximum absolute atomic E-state index is 11.7. The largest absolute Gasteiger partial charge is 0.462 e. The number of halogens is 1. The smallest absolute Gasteiger partial charge is 0.338 e. The minimum absolute atomic E-state index is 0. The molecule has 1 aliphatic rings. The number of nitrogens with one attached hydrogen (secondary N) is 2. The molecule has 0 spiro atoms. The first-order valence-corrected chi connectivity index (χ1v) is 6.96. The fraction of sp³-hybridized carbons (Fsp3) is 0.467. The summed E-state index contributed by atoms with van der Waals surface area (Å²) in [6.07, 6.45) is 2.52. The summed E-state index contributed by atoms with van der Waals surface area (Å²) in [5.41, 5.74) is 1.05. The van der Waals surface area contributed by atoms with Crippen molar-refractivity contribution < 1.29 is 14.3 Å². The van der Waals surface area contributed by atoms with Crippen LogP contribution < -0.4 is 10.6 Å². The molecule has 21 heavy (non-hydrogen) atoms. The van der Waals surface area contributed by atoms with Crippen LogP contribution >= 0.6 is 12.4 Å². The molecule has 5 nitrogen and oxygen atoms in total. The van der Waals surface area contributed by atoms with E-state index in [2.05, 4.69) is 10.6 Å². The molecule has 0 saturated heterocycles. The third-order valence-corrected chi connectivity index (χ3v) is 3.07. The zero-order chi connectivity index (χ0) is 14.4. The number of esters is 1. The molecule has 0 aliphatic heterocycles. The SMILES string of the molecule is CCOC(=O)c1cccc(NC(=O)CNCC2CC2)c1.Cl. The molecule has 1 aromatic carbocycles. The summed E-state index contributed by atoms with van der Waals surface area (Å²) in [5.74, 6) is 0.261. The van der Waals surface area contributed by atoms with Gasteiger partial charge in [0.2, 0.25) is 5.91 Å². The predicted octanol–water partition coefficient (Wildman–Crippen LogP) is 2.22. The van der Waals surface area contributed by atoms with Gasteiger partial charge in [0.05, 0.1) is 18.7 Å². The fourth-order valence-electron chi connectivity index (χ4n) is 1.86. The summed E-state index contributed by atoms with van der Waals surface area (Å²) in [6.45, 7) is 3.28. The molecule has 0 aromatic heterocycles. The Morgan fingerprint density at radius 1 is 1.33 bits per heavy atom. The Hall–Kier alpha value is -1.59. The Morgan fingerprint density at radius 3 is 2.76 bits per heavy atom. The number of hydrogen-bond donors (Lipinski definition) is 2.